The third kappa shape index (κ3) is 8.54. The fraction of sp³-hybridized carbons (Fsp3) is 0.636. The second-order valence-corrected chi connectivity index (χ2v) is 3.40. The number of carboxylic acids is 1. The molecule has 0 rings (SSSR count). The molecular formula is C11H20N2O5. The smallest absolute Gasteiger partial charge is 0.323 e. The van der Waals surface area contributed by atoms with Gasteiger partial charge in [-0.2, -0.15) is 0 Å². The first-order chi connectivity index (χ1) is 8.61. The van der Waals surface area contributed by atoms with Gasteiger partial charge in [0.25, 0.3) is 0 Å². The van der Waals surface area contributed by atoms with Gasteiger partial charge in [0.05, 0.1) is 19.8 Å². The standard InChI is InChI=1S/C11H20N2O5/c1-3-5-13(9-10(14)15)11(16)12-4-6-18-8-7-17-2/h3H,1,4-9H2,2H3,(H,12,16)(H,14,15). The SMILES string of the molecule is C=CCN(CC(=O)O)C(=O)NCCOCCOC. The van der Waals surface area contributed by atoms with Gasteiger partial charge in [-0.15, -0.1) is 6.58 Å². The topological polar surface area (TPSA) is 88.1 Å². The van der Waals surface area contributed by atoms with Gasteiger partial charge in [0.15, 0.2) is 0 Å². The fourth-order valence-corrected chi connectivity index (χ4v) is 1.12. The number of hydrogen-bond acceptors (Lipinski definition) is 4. The largest absolute Gasteiger partial charge is 0.480 e. The molecule has 7 nitrogen and oxygen atoms in total. The number of carbonyl (C=O) groups is 2. The van der Waals surface area contributed by atoms with Crippen LogP contribution in [0.3, 0.4) is 0 Å². The maximum absolute atomic E-state index is 11.6. The minimum absolute atomic E-state index is 0.183. The van der Waals surface area contributed by atoms with E-state index in [1.807, 2.05) is 0 Å². The van der Waals surface area contributed by atoms with Crippen LogP contribution in [0.5, 0.6) is 0 Å². The minimum Gasteiger partial charge on any atom is -0.480 e. The van der Waals surface area contributed by atoms with Crippen molar-refractivity contribution >= 4 is 12.0 Å². The van der Waals surface area contributed by atoms with Crippen LogP contribution in [-0.2, 0) is 14.3 Å². The molecule has 18 heavy (non-hydrogen) atoms. The Bertz CT molecular complexity index is 270. The first-order valence-electron chi connectivity index (χ1n) is 5.54. The van der Waals surface area contributed by atoms with Crippen LogP contribution in [0.1, 0.15) is 0 Å². The maximum atomic E-state index is 11.6. The number of nitrogens with one attached hydrogen (secondary N) is 1. The molecular weight excluding hydrogens is 240 g/mol. The van der Waals surface area contributed by atoms with Crippen molar-refractivity contribution in [3.8, 4) is 0 Å². The number of methoxy groups -OCH3 is 1. The molecule has 0 atom stereocenters. The molecule has 0 bridgehead atoms. The van der Waals surface area contributed by atoms with Crippen molar-refractivity contribution in [1.29, 1.82) is 0 Å². The van der Waals surface area contributed by atoms with Gasteiger partial charge >= 0.3 is 12.0 Å². The van der Waals surface area contributed by atoms with Gasteiger partial charge < -0.3 is 24.8 Å². The number of carboxylic acid groups (broad SMARTS) is 1. The van der Waals surface area contributed by atoms with E-state index in [4.69, 9.17) is 14.6 Å². The van der Waals surface area contributed by atoms with Crippen molar-refractivity contribution in [2.24, 2.45) is 0 Å². The lowest BCUT2D eigenvalue weighted by Crippen LogP contribution is -2.43. The molecule has 0 heterocycles. The number of aliphatic carboxylic acids is 1. The van der Waals surface area contributed by atoms with Crippen molar-refractivity contribution < 1.29 is 24.2 Å². The number of ether oxygens (including phenoxy) is 2. The molecule has 0 aromatic carbocycles. The zero-order chi connectivity index (χ0) is 13.8. The Morgan fingerprint density at radius 1 is 1.39 bits per heavy atom. The molecule has 0 aliphatic carbocycles. The highest BCUT2D eigenvalue weighted by Gasteiger charge is 2.14. The van der Waals surface area contributed by atoms with E-state index < -0.39 is 12.0 Å². The van der Waals surface area contributed by atoms with Gasteiger partial charge in [0.2, 0.25) is 0 Å². The fourth-order valence-electron chi connectivity index (χ4n) is 1.12. The van der Waals surface area contributed by atoms with Gasteiger partial charge in [-0.1, -0.05) is 6.08 Å². The van der Waals surface area contributed by atoms with Gasteiger partial charge in [-0.3, -0.25) is 4.79 Å². The van der Waals surface area contributed by atoms with Crippen molar-refractivity contribution in [3.63, 3.8) is 0 Å². The lowest BCUT2D eigenvalue weighted by atomic mass is 10.5. The van der Waals surface area contributed by atoms with Crippen LogP contribution in [0.4, 0.5) is 4.79 Å². The first kappa shape index (κ1) is 16.4. The van der Waals surface area contributed by atoms with Crippen LogP contribution in [0.25, 0.3) is 0 Å². The van der Waals surface area contributed by atoms with E-state index in [-0.39, 0.29) is 13.1 Å². The van der Waals surface area contributed by atoms with Crippen LogP contribution >= 0.6 is 0 Å². The van der Waals surface area contributed by atoms with E-state index in [2.05, 4.69) is 11.9 Å². The second kappa shape index (κ2) is 10.5. The Labute approximate surface area is 106 Å². The van der Waals surface area contributed by atoms with Gasteiger partial charge in [-0.25, -0.2) is 4.79 Å². The molecule has 7 heteroatoms. The zero-order valence-corrected chi connectivity index (χ0v) is 10.6. The number of amides is 2. The van der Waals surface area contributed by atoms with Crippen molar-refractivity contribution in [2.75, 3.05) is 46.6 Å². The molecule has 0 aromatic rings. The maximum Gasteiger partial charge on any atom is 0.323 e. The molecule has 0 aliphatic heterocycles. The molecule has 2 amide bonds. The Balaban J connectivity index is 3.81. The van der Waals surface area contributed by atoms with Gasteiger partial charge in [0, 0.05) is 20.2 Å². The average Bonchev–Trinajstić information content (AvgIpc) is 2.32. The predicted octanol–water partition coefficient (Wildman–Crippen LogP) is -0.0684. The summed E-state index contributed by atoms with van der Waals surface area (Å²) < 4.78 is 9.94. The summed E-state index contributed by atoms with van der Waals surface area (Å²) in [6.45, 7) is 4.91. The van der Waals surface area contributed by atoms with Crippen LogP contribution in [0, 0.1) is 0 Å². The summed E-state index contributed by atoms with van der Waals surface area (Å²) in [5, 5.41) is 11.2. The van der Waals surface area contributed by atoms with E-state index in [0.29, 0.717) is 26.4 Å². The summed E-state index contributed by atoms with van der Waals surface area (Å²) in [6, 6.07) is -0.451. The van der Waals surface area contributed by atoms with Crippen LogP contribution in [0.15, 0.2) is 12.7 Å². The van der Waals surface area contributed by atoms with Crippen molar-refractivity contribution in [2.45, 2.75) is 0 Å². The minimum atomic E-state index is -1.07. The summed E-state index contributed by atoms with van der Waals surface area (Å²) in [7, 11) is 1.57. The molecule has 104 valence electrons. The molecule has 0 unspecified atom stereocenters. The lowest BCUT2D eigenvalue weighted by molar-refractivity contribution is -0.137. The van der Waals surface area contributed by atoms with Crippen LogP contribution in [-0.4, -0.2) is 68.6 Å². The average molecular weight is 260 g/mol. The van der Waals surface area contributed by atoms with E-state index >= 15 is 0 Å². The summed E-state index contributed by atoms with van der Waals surface area (Å²) >= 11 is 0. The normalized spacial score (nSPS) is 9.83. The lowest BCUT2D eigenvalue weighted by Gasteiger charge is -2.19. The van der Waals surface area contributed by atoms with E-state index in [9.17, 15) is 9.59 Å². The summed E-state index contributed by atoms with van der Waals surface area (Å²) in [6.07, 6.45) is 1.47. The Morgan fingerprint density at radius 2 is 2.11 bits per heavy atom. The molecule has 0 radical (unpaired) electrons. The Hall–Kier alpha value is -1.60. The second-order valence-electron chi connectivity index (χ2n) is 3.40. The van der Waals surface area contributed by atoms with Gasteiger partial charge in [0.1, 0.15) is 6.54 Å². The molecule has 0 fully saturated rings. The third-order valence-electron chi connectivity index (χ3n) is 1.92. The van der Waals surface area contributed by atoms with Crippen molar-refractivity contribution in [1.82, 2.24) is 10.2 Å². The number of rotatable bonds is 10. The molecule has 0 spiro atoms. The molecule has 0 saturated heterocycles. The number of hydrogen-bond donors (Lipinski definition) is 2. The van der Waals surface area contributed by atoms with Gasteiger partial charge in [-0.05, 0) is 0 Å². The third-order valence-corrected chi connectivity index (χ3v) is 1.92. The highest BCUT2D eigenvalue weighted by Crippen LogP contribution is 1.90. The van der Waals surface area contributed by atoms with Crippen LogP contribution < -0.4 is 5.32 Å². The first-order valence-corrected chi connectivity index (χ1v) is 5.54. The number of carbonyl (C=O) groups excluding carboxylic acids is 1. The Morgan fingerprint density at radius 3 is 2.67 bits per heavy atom. The predicted molar refractivity (Wildman–Crippen MR) is 65.5 cm³/mol. The van der Waals surface area contributed by atoms with E-state index in [1.165, 1.54) is 6.08 Å². The Kier molecular flexibility index (Phi) is 9.61. The summed E-state index contributed by atoms with van der Waals surface area (Å²) in [5.74, 6) is -1.07. The molecule has 0 aliphatic rings. The molecule has 0 aromatic heterocycles. The highest BCUT2D eigenvalue weighted by atomic mass is 16.5. The van der Waals surface area contributed by atoms with E-state index in [1.54, 1.807) is 7.11 Å². The summed E-state index contributed by atoms with van der Waals surface area (Å²) in [4.78, 5) is 23.3. The number of urea groups is 1. The summed E-state index contributed by atoms with van der Waals surface area (Å²) in [5.41, 5.74) is 0. The molecule has 0 saturated carbocycles. The van der Waals surface area contributed by atoms with Crippen LogP contribution in [0.2, 0.25) is 0 Å². The number of nitrogens with zero attached hydrogens (tertiary/aromatic N) is 1. The monoisotopic (exact) mass is 260 g/mol. The van der Waals surface area contributed by atoms with E-state index in [0.717, 1.165) is 4.90 Å². The zero-order valence-electron chi connectivity index (χ0n) is 10.6. The highest BCUT2D eigenvalue weighted by molar-refractivity contribution is 5.80. The van der Waals surface area contributed by atoms with Crippen molar-refractivity contribution in [3.05, 3.63) is 12.7 Å². The molecule has 2 N–H and O–H groups in total. The quantitative estimate of drug-likeness (QED) is 0.424.